The molecule has 96 valence electrons. The Balaban J connectivity index is 2.33. The number of hydrogen-bond acceptors (Lipinski definition) is 2. The second-order valence-electron chi connectivity index (χ2n) is 3.87. The topological polar surface area (TPSA) is 29.5 Å². The summed E-state index contributed by atoms with van der Waals surface area (Å²) in [4.78, 5) is 0. The first-order chi connectivity index (χ1) is 8.13. The number of aliphatic hydroxyl groups excluding tert-OH is 1. The van der Waals surface area contributed by atoms with E-state index in [0.717, 1.165) is 12.0 Å². The van der Waals surface area contributed by atoms with E-state index in [1.807, 2.05) is 24.3 Å². The molecule has 1 unspecified atom stereocenters. The van der Waals surface area contributed by atoms with Crippen LogP contribution in [0.3, 0.4) is 0 Å². The van der Waals surface area contributed by atoms with Gasteiger partial charge in [0.25, 0.3) is 6.43 Å². The fraction of sp³-hybridized carbons (Fsp3) is 0.538. The number of alkyl halides is 2. The highest BCUT2D eigenvalue weighted by molar-refractivity contribution is 5.24. The van der Waals surface area contributed by atoms with Crippen LogP contribution < -0.4 is 0 Å². The van der Waals surface area contributed by atoms with E-state index in [1.165, 1.54) is 5.56 Å². The highest BCUT2D eigenvalue weighted by atomic mass is 19.3. The number of ether oxygens (including phenoxy) is 1. The van der Waals surface area contributed by atoms with E-state index >= 15 is 0 Å². The molecule has 1 atom stereocenters. The fourth-order valence-electron chi connectivity index (χ4n) is 1.51. The molecule has 0 bridgehead atoms. The minimum absolute atomic E-state index is 0.140. The molecule has 0 aliphatic carbocycles. The zero-order chi connectivity index (χ0) is 12.7. The van der Waals surface area contributed by atoms with E-state index in [-0.39, 0.29) is 6.61 Å². The zero-order valence-corrected chi connectivity index (χ0v) is 9.90. The molecular weight excluding hydrogens is 226 g/mol. The van der Waals surface area contributed by atoms with E-state index in [0.29, 0.717) is 6.42 Å². The van der Waals surface area contributed by atoms with Crippen LogP contribution in [0, 0.1) is 0 Å². The molecule has 0 aromatic heterocycles. The number of hydrogen-bond donors (Lipinski definition) is 1. The van der Waals surface area contributed by atoms with Crippen LogP contribution in [0.15, 0.2) is 24.3 Å². The minimum Gasteiger partial charge on any atom is -0.388 e. The van der Waals surface area contributed by atoms with Crippen LogP contribution in [0.25, 0.3) is 0 Å². The smallest absolute Gasteiger partial charge is 0.261 e. The summed E-state index contributed by atoms with van der Waals surface area (Å²) < 4.78 is 28.3. The Morgan fingerprint density at radius 1 is 1.24 bits per heavy atom. The van der Waals surface area contributed by atoms with Crippen LogP contribution >= 0.6 is 0 Å². The first-order valence-electron chi connectivity index (χ1n) is 5.76. The number of aryl methyl sites for hydroxylation is 1. The van der Waals surface area contributed by atoms with Crippen molar-refractivity contribution in [2.75, 3.05) is 13.2 Å². The number of halogens is 2. The van der Waals surface area contributed by atoms with Gasteiger partial charge in [0.05, 0.1) is 6.10 Å². The molecule has 0 saturated heterocycles. The van der Waals surface area contributed by atoms with Crippen molar-refractivity contribution in [3.8, 4) is 0 Å². The highest BCUT2D eigenvalue weighted by Crippen LogP contribution is 2.17. The van der Waals surface area contributed by atoms with Gasteiger partial charge >= 0.3 is 0 Å². The summed E-state index contributed by atoms with van der Waals surface area (Å²) in [5.41, 5.74) is 2.00. The Morgan fingerprint density at radius 2 is 1.88 bits per heavy atom. The Labute approximate surface area is 100 Å². The molecule has 1 rings (SSSR count). The minimum atomic E-state index is -2.45. The standard InChI is InChI=1S/C13H18F2O2/c1-2-10-3-5-11(6-4-10)12(16)7-8-17-9-13(14)15/h3-6,12-13,16H,2,7-9H2,1H3. The van der Waals surface area contributed by atoms with Gasteiger partial charge in [0.1, 0.15) is 6.61 Å². The zero-order valence-electron chi connectivity index (χ0n) is 9.90. The SMILES string of the molecule is CCc1ccc(C(O)CCOCC(F)F)cc1. The molecule has 1 aromatic rings. The quantitative estimate of drug-likeness (QED) is 0.747. The molecule has 1 N–H and O–H groups in total. The largest absolute Gasteiger partial charge is 0.388 e. The molecule has 0 saturated carbocycles. The third-order valence-corrected chi connectivity index (χ3v) is 2.55. The second-order valence-corrected chi connectivity index (χ2v) is 3.87. The molecule has 0 amide bonds. The Morgan fingerprint density at radius 3 is 2.41 bits per heavy atom. The van der Waals surface area contributed by atoms with Gasteiger partial charge in [0, 0.05) is 13.0 Å². The summed E-state index contributed by atoms with van der Waals surface area (Å²) in [5.74, 6) is 0. The van der Waals surface area contributed by atoms with Gasteiger partial charge in [-0.3, -0.25) is 0 Å². The fourth-order valence-corrected chi connectivity index (χ4v) is 1.51. The molecule has 4 heteroatoms. The van der Waals surface area contributed by atoms with Crippen LogP contribution in [0.1, 0.15) is 30.6 Å². The monoisotopic (exact) mass is 244 g/mol. The average molecular weight is 244 g/mol. The molecule has 2 nitrogen and oxygen atoms in total. The Kier molecular flexibility index (Phi) is 6.08. The van der Waals surface area contributed by atoms with E-state index in [4.69, 9.17) is 4.74 Å². The van der Waals surface area contributed by atoms with Crippen molar-refractivity contribution < 1.29 is 18.6 Å². The molecule has 0 aliphatic rings. The van der Waals surface area contributed by atoms with E-state index in [1.54, 1.807) is 0 Å². The van der Waals surface area contributed by atoms with Gasteiger partial charge < -0.3 is 9.84 Å². The second kappa shape index (κ2) is 7.35. The molecule has 1 aromatic carbocycles. The summed E-state index contributed by atoms with van der Waals surface area (Å²) in [6, 6.07) is 7.63. The third-order valence-electron chi connectivity index (χ3n) is 2.55. The maximum Gasteiger partial charge on any atom is 0.261 e. The van der Waals surface area contributed by atoms with E-state index in [9.17, 15) is 13.9 Å². The van der Waals surface area contributed by atoms with Crippen molar-refractivity contribution >= 4 is 0 Å². The van der Waals surface area contributed by atoms with Crippen molar-refractivity contribution in [2.24, 2.45) is 0 Å². The van der Waals surface area contributed by atoms with Crippen LogP contribution in [-0.2, 0) is 11.2 Å². The maximum absolute atomic E-state index is 11.8. The summed E-state index contributed by atoms with van der Waals surface area (Å²) in [6.07, 6.45) is -1.82. The summed E-state index contributed by atoms with van der Waals surface area (Å²) in [5, 5.41) is 9.78. The summed E-state index contributed by atoms with van der Waals surface area (Å²) in [7, 11) is 0. The summed E-state index contributed by atoms with van der Waals surface area (Å²) in [6.45, 7) is 1.63. The van der Waals surface area contributed by atoms with Gasteiger partial charge in [-0.25, -0.2) is 8.78 Å². The molecular formula is C13H18F2O2. The normalized spacial score (nSPS) is 13.0. The highest BCUT2D eigenvalue weighted by Gasteiger charge is 2.08. The van der Waals surface area contributed by atoms with Crippen molar-refractivity contribution in [3.05, 3.63) is 35.4 Å². The van der Waals surface area contributed by atoms with Crippen LogP contribution in [-0.4, -0.2) is 24.7 Å². The number of aliphatic hydroxyl groups is 1. The molecule has 0 spiro atoms. The average Bonchev–Trinajstić information content (AvgIpc) is 2.34. The predicted octanol–water partition coefficient (Wildman–Crippen LogP) is 2.95. The van der Waals surface area contributed by atoms with Crippen LogP contribution in [0.5, 0.6) is 0 Å². The maximum atomic E-state index is 11.8. The molecule has 0 heterocycles. The van der Waals surface area contributed by atoms with E-state index < -0.39 is 19.1 Å². The number of rotatable bonds is 7. The third kappa shape index (κ3) is 5.24. The molecule has 0 aliphatic heterocycles. The first-order valence-corrected chi connectivity index (χ1v) is 5.76. The lowest BCUT2D eigenvalue weighted by Gasteiger charge is -2.11. The van der Waals surface area contributed by atoms with Gasteiger partial charge in [-0.15, -0.1) is 0 Å². The van der Waals surface area contributed by atoms with Crippen LogP contribution in [0.2, 0.25) is 0 Å². The van der Waals surface area contributed by atoms with Gasteiger partial charge in [-0.1, -0.05) is 31.2 Å². The van der Waals surface area contributed by atoms with Gasteiger partial charge in [-0.2, -0.15) is 0 Å². The lowest BCUT2D eigenvalue weighted by molar-refractivity contribution is 0.00481. The van der Waals surface area contributed by atoms with Gasteiger partial charge in [0.15, 0.2) is 0 Å². The van der Waals surface area contributed by atoms with E-state index in [2.05, 4.69) is 6.92 Å². The lowest BCUT2D eigenvalue weighted by Crippen LogP contribution is -2.08. The summed E-state index contributed by atoms with van der Waals surface area (Å²) >= 11 is 0. The van der Waals surface area contributed by atoms with Crippen molar-refractivity contribution in [1.82, 2.24) is 0 Å². The predicted molar refractivity (Wildman–Crippen MR) is 62.2 cm³/mol. The molecule has 17 heavy (non-hydrogen) atoms. The van der Waals surface area contributed by atoms with Crippen molar-refractivity contribution in [1.29, 1.82) is 0 Å². The van der Waals surface area contributed by atoms with Crippen LogP contribution in [0.4, 0.5) is 8.78 Å². The molecule has 0 fully saturated rings. The first kappa shape index (κ1) is 14.1. The van der Waals surface area contributed by atoms with Gasteiger partial charge in [-0.05, 0) is 17.5 Å². The Hall–Kier alpha value is -1.00. The Bertz CT molecular complexity index is 312. The van der Waals surface area contributed by atoms with Crippen molar-refractivity contribution in [2.45, 2.75) is 32.3 Å². The molecule has 0 radical (unpaired) electrons. The lowest BCUT2D eigenvalue weighted by atomic mass is 10.0. The van der Waals surface area contributed by atoms with Gasteiger partial charge in [0.2, 0.25) is 0 Å². The number of benzene rings is 1. The van der Waals surface area contributed by atoms with Crippen molar-refractivity contribution in [3.63, 3.8) is 0 Å².